The molecule has 0 aliphatic carbocycles. The topological polar surface area (TPSA) is 41.5 Å². The third-order valence-electron chi connectivity index (χ3n) is 1.88. The van der Waals surface area contributed by atoms with E-state index in [1.807, 2.05) is 12.1 Å². The number of ether oxygens (including phenoxy) is 1. The summed E-state index contributed by atoms with van der Waals surface area (Å²) in [5.41, 5.74) is 1.24. The van der Waals surface area contributed by atoms with Crippen LogP contribution in [0.4, 0.5) is 0 Å². The van der Waals surface area contributed by atoms with E-state index >= 15 is 0 Å². The van der Waals surface area contributed by atoms with Gasteiger partial charge in [-0.05, 0) is 17.7 Å². The van der Waals surface area contributed by atoms with Crippen molar-refractivity contribution in [3.05, 3.63) is 34.3 Å². The van der Waals surface area contributed by atoms with E-state index < -0.39 is 0 Å². The highest BCUT2D eigenvalue weighted by molar-refractivity contribution is 9.10. The van der Waals surface area contributed by atoms with Crippen LogP contribution in [0.25, 0.3) is 0 Å². The summed E-state index contributed by atoms with van der Waals surface area (Å²) in [6.45, 7) is 2.77. The van der Waals surface area contributed by atoms with Gasteiger partial charge in [-0.25, -0.2) is 0 Å². The smallest absolute Gasteiger partial charge is 0.0698 e. The molecule has 0 aliphatic heterocycles. The van der Waals surface area contributed by atoms with Gasteiger partial charge >= 0.3 is 0 Å². The summed E-state index contributed by atoms with van der Waals surface area (Å²) >= 11 is 3.43. The Labute approximate surface area is 98.6 Å². The molecule has 0 bridgehead atoms. The molecule has 0 spiro atoms. The van der Waals surface area contributed by atoms with E-state index in [1.54, 1.807) is 0 Å². The second-order valence-corrected chi connectivity index (χ2v) is 4.06. The van der Waals surface area contributed by atoms with Crippen LogP contribution >= 0.6 is 15.9 Å². The molecule has 0 amide bonds. The maximum absolute atomic E-state index is 8.48. The van der Waals surface area contributed by atoms with Gasteiger partial charge in [0.15, 0.2) is 0 Å². The van der Waals surface area contributed by atoms with Crippen molar-refractivity contribution in [3.8, 4) is 0 Å². The zero-order valence-corrected chi connectivity index (χ0v) is 10.2. The lowest BCUT2D eigenvalue weighted by molar-refractivity contribution is 0.0938. The highest BCUT2D eigenvalue weighted by atomic mass is 79.9. The molecule has 0 fully saturated rings. The highest BCUT2D eigenvalue weighted by Crippen LogP contribution is 2.10. The third-order valence-corrected chi connectivity index (χ3v) is 2.37. The van der Waals surface area contributed by atoms with E-state index in [2.05, 4.69) is 33.4 Å². The maximum Gasteiger partial charge on any atom is 0.0698 e. The Bertz CT molecular complexity index is 281. The molecule has 15 heavy (non-hydrogen) atoms. The van der Waals surface area contributed by atoms with Crippen LogP contribution in [0.15, 0.2) is 28.7 Å². The van der Waals surface area contributed by atoms with Crippen molar-refractivity contribution in [2.75, 3.05) is 26.4 Å². The molecule has 0 aromatic heterocycles. The Morgan fingerprint density at radius 2 is 2.20 bits per heavy atom. The SMILES string of the molecule is OCCOCCNCc1cccc(Br)c1. The summed E-state index contributed by atoms with van der Waals surface area (Å²) in [7, 11) is 0. The second-order valence-electron chi connectivity index (χ2n) is 3.14. The molecule has 0 unspecified atom stereocenters. The van der Waals surface area contributed by atoms with Gasteiger partial charge in [0.05, 0.1) is 19.8 Å². The van der Waals surface area contributed by atoms with E-state index in [4.69, 9.17) is 9.84 Å². The Morgan fingerprint density at radius 3 is 2.93 bits per heavy atom. The summed E-state index contributed by atoms with van der Waals surface area (Å²) in [5.74, 6) is 0. The van der Waals surface area contributed by atoms with Crippen molar-refractivity contribution in [1.82, 2.24) is 5.32 Å². The predicted molar refractivity (Wildman–Crippen MR) is 63.8 cm³/mol. The van der Waals surface area contributed by atoms with Gasteiger partial charge in [0.2, 0.25) is 0 Å². The van der Waals surface area contributed by atoms with E-state index in [9.17, 15) is 0 Å². The normalized spacial score (nSPS) is 10.5. The van der Waals surface area contributed by atoms with Crippen molar-refractivity contribution >= 4 is 15.9 Å². The van der Waals surface area contributed by atoms with Crippen LogP contribution in [0.1, 0.15) is 5.56 Å². The molecule has 0 saturated carbocycles. The molecule has 1 aromatic carbocycles. The Balaban J connectivity index is 2.10. The van der Waals surface area contributed by atoms with Gasteiger partial charge < -0.3 is 15.2 Å². The molecule has 0 radical (unpaired) electrons. The summed E-state index contributed by atoms with van der Waals surface area (Å²) in [5, 5.41) is 11.7. The molecule has 0 saturated heterocycles. The number of halogens is 1. The minimum absolute atomic E-state index is 0.0889. The zero-order valence-electron chi connectivity index (χ0n) is 8.58. The van der Waals surface area contributed by atoms with Crippen LogP contribution in [0.3, 0.4) is 0 Å². The fourth-order valence-electron chi connectivity index (χ4n) is 1.19. The minimum Gasteiger partial charge on any atom is -0.394 e. The lowest BCUT2D eigenvalue weighted by Gasteiger charge is -2.05. The van der Waals surface area contributed by atoms with Crippen LogP contribution in [0, 0.1) is 0 Å². The van der Waals surface area contributed by atoms with Crippen molar-refractivity contribution in [3.63, 3.8) is 0 Å². The average Bonchev–Trinajstić information content (AvgIpc) is 2.23. The molecule has 1 aromatic rings. The summed E-state index contributed by atoms with van der Waals surface area (Å²) < 4.78 is 6.22. The number of benzene rings is 1. The number of rotatable bonds is 7. The van der Waals surface area contributed by atoms with E-state index in [0.29, 0.717) is 13.2 Å². The van der Waals surface area contributed by atoms with Crippen molar-refractivity contribution < 1.29 is 9.84 Å². The predicted octanol–water partition coefficient (Wildman–Crippen LogP) is 1.55. The van der Waals surface area contributed by atoms with Gasteiger partial charge in [0, 0.05) is 17.6 Å². The van der Waals surface area contributed by atoms with Crippen LogP contribution in [0.5, 0.6) is 0 Å². The first-order chi connectivity index (χ1) is 7.33. The van der Waals surface area contributed by atoms with E-state index in [0.717, 1.165) is 17.6 Å². The van der Waals surface area contributed by atoms with Crippen LogP contribution in [0.2, 0.25) is 0 Å². The lowest BCUT2D eigenvalue weighted by atomic mass is 10.2. The molecule has 0 heterocycles. The summed E-state index contributed by atoms with van der Waals surface area (Å²) in [4.78, 5) is 0. The minimum atomic E-state index is 0.0889. The fourth-order valence-corrected chi connectivity index (χ4v) is 1.64. The monoisotopic (exact) mass is 273 g/mol. The number of aliphatic hydroxyl groups excluding tert-OH is 1. The van der Waals surface area contributed by atoms with Gasteiger partial charge in [-0.2, -0.15) is 0 Å². The molecular weight excluding hydrogens is 258 g/mol. The van der Waals surface area contributed by atoms with E-state index in [1.165, 1.54) is 5.56 Å². The molecule has 3 nitrogen and oxygen atoms in total. The second kappa shape index (κ2) is 7.82. The van der Waals surface area contributed by atoms with Gasteiger partial charge in [0.1, 0.15) is 0 Å². The zero-order chi connectivity index (χ0) is 10.9. The number of aliphatic hydroxyl groups is 1. The molecule has 1 rings (SSSR count). The van der Waals surface area contributed by atoms with Gasteiger partial charge in [-0.3, -0.25) is 0 Å². The molecular formula is C11H16BrNO2. The Kier molecular flexibility index (Phi) is 6.59. The standard InChI is InChI=1S/C11H16BrNO2/c12-11-3-1-2-10(8-11)9-13-4-6-15-7-5-14/h1-3,8,13-14H,4-7,9H2. The molecule has 0 aliphatic rings. The molecule has 84 valence electrons. The van der Waals surface area contributed by atoms with Gasteiger partial charge in [-0.1, -0.05) is 28.1 Å². The van der Waals surface area contributed by atoms with Crippen LogP contribution in [-0.4, -0.2) is 31.5 Å². The van der Waals surface area contributed by atoms with Crippen molar-refractivity contribution in [2.24, 2.45) is 0 Å². The Morgan fingerprint density at radius 1 is 1.33 bits per heavy atom. The van der Waals surface area contributed by atoms with Crippen LogP contribution < -0.4 is 5.32 Å². The van der Waals surface area contributed by atoms with Gasteiger partial charge in [-0.15, -0.1) is 0 Å². The van der Waals surface area contributed by atoms with Crippen molar-refractivity contribution in [2.45, 2.75) is 6.54 Å². The first kappa shape index (κ1) is 12.6. The number of nitrogens with one attached hydrogen (secondary N) is 1. The fraction of sp³-hybridized carbons (Fsp3) is 0.455. The third kappa shape index (κ3) is 5.89. The molecule has 4 heteroatoms. The largest absolute Gasteiger partial charge is 0.394 e. The number of hydrogen-bond acceptors (Lipinski definition) is 3. The Hall–Kier alpha value is -0.420. The first-order valence-electron chi connectivity index (χ1n) is 4.96. The van der Waals surface area contributed by atoms with E-state index in [-0.39, 0.29) is 6.61 Å². The number of hydrogen-bond donors (Lipinski definition) is 2. The van der Waals surface area contributed by atoms with Crippen LogP contribution in [-0.2, 0) is 11.3 Å². The summed E-state index contributed by atoms with van der Waals surface area (Å²) in [6, 6.07) is 8.19. The molecule has 2 N–H and O–H groups in total. The first-order valence-corrected chi connectivity index (χ1v) is 5.76. The maximum atomic E-state index is 8.48. The average molecular weight is 274 g/mol. The van der Waals surface area contributed by atoms with Gasteiger partial charge in [0.25, 0.3) is 0 Å². The lowest BCUT2D eigenvalue weighted by Crippen LogP contribution is -2.19. The quantitative estimate of drug-likeness (QED) is 0.741. The molecule has 0 atom stereocenters. The van der Waals surface area contributed by atoms with Crippen molar-refractivity contribution in [1.29, 1.82) is 0 Å². The summed E-state index contributed by atoms with van der Waals surface area (Å²) in [6.07, 6.45) is 0. The highest BCUT2D eigenvalue weighted by Gasteiger charge is 1.93.